The second-order valence-corrected chi connectivity index (χ2v) is 10.1. The van der Waals surface area contributed by atoms with Crippen LogP contribution < -0.4 is 4.90 Å². The Kier molecular flexibility index (Phi) is 5.84. The zero-order chi connectivity index (χ0) is 21.3. The van der Waals surface area contributed by atoms with Gasteiger partial charge in [0.2, 0.25) is 5.91 Å². The van der Waals surface area contributed by atoms with Crippen LogP contribution in [0.5, 0.6) is 0 Å². The van der Waals surface area contributed by atoms with Gasteiger partial charge in [-0.15, -0.1) is 0 Å². The number of benzene rings is 1. The average molecular weight is 432 g/mol. The molecule has 1 aromatic heterocycles. The highest BCUT2D eigenvalue weighted by molar-refractivity contribution is 7.89. The first-order chi connectivity index (χ1) is 14.4. The second-order valence-electron chi connectivity index (χ2n) is 8.20. The number of piperidine rings is 1. The highest BCUT2D eigenvalue weighted by atomic mass is 32.2. The maximum absolute atomic E-state index is 13.0. The molecule has 8 nitrogen and oxygen atoms in total. The van der Waals surface area contributed by atoms with E-state index in [-0.39, 0.29) is 16.9 Å². The van der Waals surface area contributed by atoms with Gasteiger partial charge in [-0.05, 0) is 43.9 Å². The topological polar surface area (TPSA) is 89.6 Å². The lowest BCUT2D eigenvalue weighted by Gasteiger charge is -2.39. The van der Waals surface area contributed by atoms with E-state index in [2.05, 4.69) is 46.9 Å². The number of amides is 1. The molecule has 1 N–H and O–H groups in total. The Labute approximate surface area is 177 Å². The van der Waals surface area contributed by atoms with E-state index in [0.29, 0.717) is 39.0 Å². The summed E-state index contributed by atoms with van der Waals surface area (Å²) in [6.07, 6.45) is 3.80. The van der Waals surface area contributed by atoms with Crippen LogP contribution in [-0.4, -0.2) is 72.8 Å². The molecule has 1 aromatic carbocycles. The monoisotopic (exact) mass is 431 g/mol. The smallest absolute Gasteiger partial charge is 0.260 e. The first-order valence-electron chi connectivity index (χ1n) is 10.5. The zero-order valence-electron chi connectivity index (χ0n) is 17.5. The molecule has 0 aliphatic carbocycles. The average Bonchev–Trinajstić information content (AvgIpc) is 3.31. The van der Waals surface area contributed by atoms with Crippen molar-refractivity contribution in [3.05, 3.63) is 41.9 Å². The number of rotatable bonds is 4. The molecule has 30 heavy (non-hydrogen) atoms. The first-order valence-corrected chi connectivity index (χ1v) is 11.9. The largest absolute Gasteiger partial charge is 0.368 e. The maximum atomic E-state index is 13.0. The van der Waals surface area contributed by atoms with E-state index in [0.717, 1.165) is 13.1 Å². The Morgan fingerprint density at radius 2 is 1.77 bits per heavy atom. The van der Waals surface area contributed by atoms with Gasteiger partial charge in [0.15, 0.2) is 5.03 Å². The Hall–Kier alpha value is -2.39. The van der Waals surface area contributed by atoms with Gasteiger partial charge < -0.3 is 14.8 Å². The summed E-state index contributed by atoms with van der Waals surface area (Å²) in [4.78, 5) is 23.8. The maximum Gasteiger partial charge on any atom is 0.260 e. The number of aromatic nitrogens is 2. The molecule has 3 heterocycles. The van der Waals surface area contributed by atoms with Gasteiger partial charge in [-0.25, -0.2) is 13.4 Å². The third kappa shape index (κ3) is 4.09. The summed E-state index contributed by atoms with van der Waals surface area (Å²) in [6.45, 7) is 8.00. The van der Waals surface area contributed by atoms with Crippen molar-refractivity contribution in [2.75, 3.05) is 44.2 Å². The number of hydrogen-bond donors (Lipinski definition) is 1. The molecular formula is C21H29N5O3S. The van der Waals surface area contributed by atoms with Gasteiger partial charge in [0.1, 0.15) is 0 Å². The molecule has 2 aromatic rings. The Balaban J connectivity index is 1.32. The van der Waals surface area contributed by atoms with Crippen molar-refractivity contribution >= 4 is 21.6 Å². The summed E-state index contributed by atoms with van der Waals surface area (Å²) in [7, 11) is -3.55. The normalized spacial score (nSPS) is 19.3. The van der Waals surface area contributed by atoms with Crippen molar-refractivity contribution in [1.82, 2.24) is 19.2 Å². The number of carbonyl (C=O) groups is 1. The van der Waals surface area contributed by atoms with Gasteiger partial charge in [-0.1, -0.05) is 12.1 Å². The quantitative estimate of drug-likeness (QED) is 0.797. The van der Waals surface area contributed by atoms with Crippen LogP contribution in [-0.2, 0) is 14.8 Å². The van der Waals surface area contributed by atoms with Crippen molar-refractivity contribution in [2.24, 2.45) is 5.92 Å². The standard InChI is InChI=1S/C21H29N5O3S/c1-16-3-4-17(2)19(13-16)24-9-11-25(12-10-24)21(27)18-5-7-26(8-6-18)30(28,29)20-14-22-15-23-20/h3-4,13-15,18H,5-12H2,1-2H3,(H,22,23). The third-order valence-corrected chi connectivity index (χ3v) is 8.01. The van der Waals surface area contributed by atoms with Crippen LogP contribution in [0.15, 0.2) is 35.7 Å². The number of piperazine rings is 1. The number of hydrogen-bond acceptors (Lipinski definition) is 5. The van der Waals surface area contributed by atoms with Gasteiger partial charge in [0, 0.05) is 50.9 Å². The van der Waals surface area contributed by atoms with Crippen LogP contribution in [0.4, 0.5) is 5.69 Å². The number of nitrogens with zero attached hydrogens (tertiary/aromatic N) is 4. The van der Waals surface area contributed by atoms with Crippen LogP contribution in [0.1, 0.15) is 24.0 Å². The SMILES string of the molecule is Cc1ccc(C)c(N2CCN(C(=O)C3CCN(S(=O)(=O)c4cnc[nH]4)CC3)CC2)c1. The first kappa shape index (κ1) is 20.9. The fourth-order valence-electron chi connectivity index (χ4n) is 4.35. The predicted octanol–water partition coefficient (Wildman–Crippen LogP) is 1.78. The van der Waals surface area contributed by atoms with Gasteiger partial charge in [-0.3, -0.25) is 4.79 Å². The third-order valence-electron chi connectivity index (χ3n) is 6.19. The number of nitrogens with one attached hydrogen (secondary N) is 1. The highest BCUT2D eigenvalue weighted by Gasteiger charge is 2.35. The molecule has 0 spiro atoms. The molecule has 0 unspecified atom stereocenters. The van der Waals surface area contributed by atoms with Crippen molar-refractivity contribution in [1.29, 1.82) is 0 Å². The van der Waals surface area contributed by atoms with Crippen LogP contribution in [0.3, 0.4) is 0 Å². The Morgan fingerprint density at radius 3 is 2.40 bits per heavy atom. The second kappa shape index (κ2) is 8.39. The van der Waals surface area contributed by atoms with Crippen LogP contribution in [0.2, 0.25) is 0 Å². The molecule has 2 saturated heterocycles. The van der Waals surface area contributed by atoms with E-state index in [1.54, 1.807) is 0 Å². The minimum Gasteiger partial charge on any atom is -0.368 e. The molecule has 2 fully saturated rings. The molecule has 4 rings (SSSR count). The van der Waals surface area contributed by atoms with E-state index in [9.17, 15) is 13.2 Å². The summed E-state index contributed by atoms with van der Waals surface area (Å²) in [6, 6.07) is 6.48. The van der Waals surface area contributed by atoms with Gasteiger partial charge in [0.05, 0.1) is 12.5 Å². The van der Waals surface area contributed by atoms with Gasteiger partial charge >= 0.3 is 0 Å². The summed E-state index contributed by atoms with van der Waals surface area (Å²) < 4.78 is 26.7. The van der Waals surface area contributed by atoms with Crippen molar-refractivity contribution in [3.8, 4) is 0 Å². The van der Waals surface area contributed by atoms with Crippen LogP contribution >= 0.6 is 0 Å². The van der Waals surface area contributed by atoms with Crippen molar-refractivity contribution < 1.29 is 13.2 Å². The van der Waals surface area contributed by atoms with E-state index in [1.807, 2.05) is 4.90 Å². The highest BCUT2D eigenvalue weighted by Crippen LogP contribution is 2.26. The number of anilines is 1. The van der Waals surface area contributed by atoms with E-state index < -0.39 is 10.0 Å². The molecule has 2 aliphatic heterocycles. The van der Waals surface area contributed by atoms with Gasteiger partial charge in [0.25, 0.3) is 10.0 Å². The Bertz CT molecular complexity index is 990. The summed E-state index contributed by atoms with van der Waals surface area (Å²) in [5, 5.41) is 0.106. The summed E-state index contributed by atoms with van der Waals surface area (Å²) in [5.41, 5.74) is 3.75. The molecule has 0 radical (unpaired) electrons. The fourth-order valence-corrected chi connectivity index (χ4v) is 5.72. The van der Waals surface area contributed by atoms with E-state index in [1.165, 1.54) is 33.6 Å². The molecule has 2 aliphatic rings. The number of aryl methyl sites for hydroxylation is 2. The number of carbonyl (C=O) groups excluding carboxylic acids is 1. The van der Waals surface area contributed by atoms with Crippen molar-refractivity contribution in [2.45, 2.75) is 31.7 Å². The number of H-pyrrole nitrogens is 1. The minimum absolute atomic E-state index is 0.106. The number of aromatic amines is 1. The van der Waals surface area contributed by atoms with Crippen molar-refractivity contribution in [3.63, 3.8) is 0 Å². The fraction of sp³-hybridized carbons (Fsp3) is 0.524. The molecule has 9 heteroatoms. The molecule has 0 atom stereocenters. The predicted molar refractivity (Wildman–Crippen MR) is 115 cm³/mol. The van der Waals surface area contributed by atoms with Gasteiger partial charge in [-0.2, -0.15) is 4.31 Å². The molecular weight excluding hydrogens is 402 g/mol. The van der Waals surface area contributed by atoms with Crippen LogP contribution in [0.25, 0.3) is 0 Å². The lowest BCUT2D eigenvalue weighted by molar-refractivity contribution is -0.137. The lowest BCUT2D eigenvalue weighted by Crippen LogP contribution is -2.52. The van der Waals surface area contributed by atoms with Crippen LogP contribution in [0, 0.1) is 19.8 Å². The molecule has 0 bridgehead atoms. The Morgan fingerprint density at radius 1 is 1.07 bits per heavy atom. The van der Waals surface area contributed by atoms with E-state index >= 15 is 0 Å². The number of imidazole rings is 1. The summed E-state index contributed by atoms with van der Waals surface area (Å²) >= 11 is 0. The molecule has 1 amide bonds. The zero-order valence-corrected chi connectivity index (χ0v) is 18.4. The number of sulfonamides is 1. The lowest BCUT2D eigenvalue weighted by atomic mass is 9.96. The van der Waals surface area contributed by atoms with E-state index in [4.69, 9.17) is 0 Å². The minimum atomic E-state index is -3.55. The molecule has 0 saturated carbocycles. The molecule has 162 valence electrons. The summed E-state index contributed by atoms with van der Waals surface area (Å²) in [5.74, 6) is 0.0553.